The standard InChI is InChI=1S/C15H13ClN2O2/c1-10-2-4-11(5-3-10)9-17-18-14-8-12(15(19)20)6-7-13(14)16/h2-9,18H,1H3,(H,19,20)/p-1/b17-9-. The molecule has 0 aromatic heterocycles. The zero-order valence-corrected chi connectivity index (χ0v) is 11.5. The fraction of sp³-hybridized carbons (Fsp3) is 0.0667. The first kappa shape index (κ1) is 14.1. The zero-order valence-electron chi connectivity index (χ0n) is 10.8. The average molecular weight is 288 g/mol. The molecule has 0 fully saturated rings. The number of hydrogen-bond acceptors (Lipinski definition) is 4. The molecule has 1 N–H and O–H groups in total. The first-order valence-corrected chi connectivity index (χ1v) is 6.31. The lowest BCUT2D eigenvalue weighted by Crippen LogP contribution is -2.22. The summed E-state index contributed by atoms with van der Waals surface area (Å²) in [6, 6.07) is 12.1. The van der Waals surface area contributed by atoms with Gasteiger partial charge in [0.05, 0.1) is 22.9 Å². The fourth-order valence-corrected chi connectivity index (χ4v) is 1.73. The van der Waals surface area contributed by atoms with Crippen LogP contribution in [0.2, 0.25) is 5.02 Å². The van der Waals surface area contributed by atoms with Crippen molar-refractivity contribution in [3.63, 3.8) is 0 Å². The molecule has 0 unspecified atom stereocenters. The molecule has 2 rings (SSSR count). The summed E-state index contributed by atoms with van der Waals surface area (Å²) >= 11 is 5.95. The summed E-state index contributed by atoms with van der Waals surface area (Å²) in [4.78, 5) is 10.8. The number of aromatic carboxylic acids is 1. The average Bonchev–Trinajstić information content (AvgIpc) is 2.43. The molecule has 0 aliphatic heterocycles. The largest absolute Gasteiger partial charge is 0.545 e. The Hall–Kier alpha value is -2.33. The van der Waals surface area contributed by atoms with Crippen molar-refractivity contribution in [1.29, 1.82) is 0 Å². The lowest BCUT2D eigenvalue weighted by atomic mass is 10.2. The van der Waals surface area contributed by atoms with Crippen LogP contribution in [-0.4, -0.2) is 12.2 Å². The number of nitrogens with zero attached hydrogens (tertiary/aromatic N) is 1. The quantitative estimate of drug-likeness (QED) is 0.694. The van der Waals surface area contributed by atoms with Crippen molar-refractivity contribution in [3.05, 3.63) is 64.2 Å². The van der Waals surface area contributed by atoms with Gasteiger partial charge >= 0.3 is 0 Å². The SMILES string of the molecule is Cc1ccc(/C=N\Nc2cc(C(=O)[O-])ccc2Cl)cc1. The van der Waals surface area contributed by atoms with Crippen LogP contribution in [0.15, 0.2) is 47.6 Å². The Labute approximate surface area is 121 Å². The summed E-state index contributed by atoms with van der Waals surface area (Å²) in [6.45, 7) is 2.00. The molecule has 5 heteroatoms. The number of carboxylic acids is 1. The number of rotatable bonds is 4. The van der Waals surface area contributed by atoms with Crippen molar-refractivity contribution in [2.45, 2.75) is 6.92 Å². The summed E-state index contributed by atoms with van der Waals surface area (Å²) in [5.74, 6) is -1.26. The number of benzene rings is 2. The third-order valence-electron chi connectivity index (χ3n) is 2.68. The van der Waals surface area contributed by atoms with Crippen molar-refractivity contribution < 1.29 is 9.90 Å². The molecule has 0 radical (unpaired) electrons. The molecule has 2 aromatic rings. The van der Waals surface area contributed by atoms with Gasteiger partial charge in [0.2, 0.25) is 0 Å². The van der Waals surface area contributed by atoms with Crippen LogP contribution in [0.25, 0.3) is 0 Å². The highest BCUT2D eigenvalue weighted by atomic mass is 35.5. The Morgan fingerprint density at radius 2 is 1.95 bits per heavy atom. The molecule has 0 amide bonds. The first-order valence-electron chi connectivity index (χ1n) is 5.93. The molecule has 0 bridgehead atoms. The van der Waals surface area contributed by atoms with E-state index in [-0.39, 0.29) is 5.56 Å². The van der Waals surface area contributed by atoms with Crippen LogP contribution < -0.4 is 10.5 Å². The Morgan fingerprint density at radius 3 is 2.60 bits per heavy atom. The van der Waals surface area contributed by atoms with E-state index >= 15 is 0 Å². The number of carboxylic acid groups (broad SMARTS) is 1. The molecule has 0 aliphatic rings. The van der Waals surface area contributed by atoms with E-state index in [1.54, 1.807) is 6.21 Å². The number of nitrogens with one attached hydrogen (secondary N) is 1. The molecule has 4 nitrogen and oxygen atoms in total. The lowest BCUT2D eigenvalue weighted by molar-refractivity contribution is -0.255. The lowest BCUT2D eigenvalue weighted by Gasteiger charge is -2.07. The van der Waals surface area contributed by atoms with Gasteiger partial charge in [-0.2, -0.15) is 5.10 Å². The minimum absolute atomic E-state index is 0.0439. The van der Waals surface area contributed by atoms with Crippen molar-refractivity contribution in [1.82, 2.24) is 0 Å². The number of aryl methyl sites for hydroxylation is 1. The van der Waals surface area contributed by atoms with Crippen LogP contribution >= 0.6 is 11.6 Å². The first-order chi connectivity index (χ1) is 9.56. The van der Waals surface area contributed by atoms with Gasteiger partial charge in [0.25, 0.3) is 0 Å². The van der Waals surface area contributed by atoms with Crippen molar-refractivity contribution in [2.75, 3.05) is 5.43 Å². The highest BCUT2D eigenvalue weighted by Gasteiger charge is 2.01. The predicted molar refractivity (Wildman–Crippen MR) is 78.2 cm³/mol. The molecule has 0 spiro atoms. The topological polar surface area (TPSA) is 64.5 Å². The van der Waals surface area contributed by atoms with Gasteiger partial charge in [0.1, 0.15) is 0 Å². The molecule has 0 saturated heterocycles. The second-order valence-electron chi connectivity index (χ2n) is 4.26. The highest BCUT2D eigenvalue weighted by molar-refractivity contribution is 6.33. The summed E-state index contributed by atoms with van der Waals surface area (Å²) in [5, 5.41) is 15.2. The van der Waals surface area contributed by atoms with Crippen LogP contribution in [0.4, 0.5) is 5.69 Å². The Kier molecular flexibility index (Phi) is 4.38. The van der Waals surface area contributed by atoms with Crippen LogP contribution in [0.5, 0.6) is 0 Å². The number of halogens is 1. The number of hydrazone groups is 1. The molecular weight excluding hydrogens is 276 g/mol. The van der Waals surface area contributed by atoms with Gasteiger partial charge in [-0.25, -0.2) is 0 Å². The normalized spacial score (nSPS) is 10.7. The second-order valence-corrected chi connectivity index (χ2v) is 4.67. The van der Waals surface area contributed by atoms with E-state index in [0.717, 1.165) is 5.56 Å². The Morgan fingerprint density at radius 1 is 1.25 bits per heavy atom. The molecule has 20 heavy (non-hydrogen) atoms. The van der Waals surface area contributed by atoms with Crippen LogP contribution in [-0.2, 0) is 0 Å². The van der Waals surface area contributed by atoms with Gasteiger partial charge < -0.3 is 9.90 Å². The highest BCUT2D eigenvalue weighted by Crippen LogP contribution is 2.22. The molecule has 102 valence electrons. The van der Waals surface area contributed by atoms with E-state index in [9.17, 15) is 9.90 Å². The number of anilines is 1. The molecule has 0 heterocycles. The molecule has 2 aromatic carbocycles. The molecule has 0 saturated carbocycles. The van der Waals surface area contributed by atoms with Gasteiger partial charge in [-0.15, -0.1) is 0 Å². The summed E-state index contributed by atoms with van der Waals surface area (Å²) in [5.41, 5.74) is 5.27. The third kappa shape index (κ3) is 3.59. The van der Waals surface area contributed by atoms with Gasteiger partial charge in [0.15, 0.2) is 0 Å². The number of hydrogen-bond donors (Lipinski definition) is 1. The van der Waals surface area contributed by atoms with Crippen molar-refractivity contribution in [2.24, 2.45) is 5.10 Å². The van der Waals surface area contributed by atoms with E-state index in [0.29, 0.717) is 10.7 Å². The van der Waals surface area contributed by atoms with Gasteiger partial charge in [-0.3, -0.25) is 5.43 Å². The summed E-state index contributed by atoms with van der Waals surface area (Å²) < 4.78 is 0. The molecular formula is C15H12ClN2O2-. The van der Waals surface area contributed by atoms with Crippen molar-refractivity contribution >= 4 is 29.5 Å². The van der Waals surface area contributed by atoms with E-state index in [2.05, 4.69) is 10.5 Å². The molecule has 0 aliphatic carbocycles. The number of carbonyl (C=O) groups excluding carboxylic acids is 1. The van der Waals surface area contributed by atoms with E-state index in [4.69, 9.17) is 11.6 Å². The smallest absolute Gasteiger partial charge is 0.0754 e. The Balaban J connectivity index is 2.12. The number of carbonyl (C=O) groups is 1. The molecule has 0 atom stereocenters. The van der Waals surface area contributed by atoms with Gasteiger partial charge in [-0.05, 0) is 30.2 Å². The maximum absolute atomic E-state index is 10.8. The second kappa shape index (κ2) is 6.21. The van der Waals surface area contributed by atoms with Gasteiger partial charge in [0, 0.05) is 0 Å². The van der Waals surface area contributed by atoms with Crippen LogP contribution in [0.3, 0.4) is 0 Å². The van der Waals surface area contributed by atoms with E-state index in [1.165, 1.54) is 23.8 Å². The maximum atomic E-state index is 10.8. The van der Waals surface area contributed by atoms with E-state index < -0.39 is 5.97 Å². The maximum Gasteiger partial charge on any atom is 0.0754 e. The zero-order chi connectivity index (χ0) is 14.5. The summed E-state index contributed by atoms with van der Waals surface area (Å²) in [7, 11) is 0. The summed E-state index contributed by atoms with van der Waals surface area (Å²) in [6.07, 6.45) is 1.63. The van der Waals surface area contributed by atoms with Crippen LogP contribution in [0.1, 0.15) is 21.5 Å². The monoisotopic (exact) mass is 287 g/mol. The van der Waals surface area contributed by atoms with Crippen molar-refractivity contribution in [3.8, 4) is 0 Å². The minimum atomic E-state index is -1.26. The van der Waals surface area contributed by atoms with E-state index in [1.807, 2.05) is 31.2 Å². The fourth-order valence-electron chi connectivity index (χ4n) is 1.57. The Bertz CT molecular complexity index is 651. The third-order valence-corrected chi connectivity index (χ3v) is 3.01. The van der Waals surface area contributed by atoms with Gasteiger partial charge in [-0.1, -0.05) is 47.5 Å². The van der Waals surface area contributed by atoms with Crippen LogP contribution in [0, 0.1) is 6.92 Å². The predicted octanol–water partition coefficient (Wildman–Crippen LogP) is 2.46. The minimum Gasteiger partial charge on any atom is -0.545 e.